The summed E-state index contributed by atoms with van der Waals surface area (Å²) in [5, 5.41) is 2.34. The first-order valence-electron chi connectivity index (χ1n) is 9.34. The van der Waals surface area contributed by atoms with Crippen LogP contribution < -0.4 is 10.1 Å². The van der Waals surface area contributed by atoms with Gasteiger partial charge in [0.2, 0.25) is 5.91 Å². The number of aryl methyl sites for hydroxylation is 1. The molecular weight excluding hydrogens is 364 g/mol. The molecule has 1 N–H and O–H groups in total. The molecule has 150 valence electrons. The molecule has 28 heavy (non-hydrogen) atoms. The summed E-state index contributed by atoms with van der Waals surface area (Å²) in [5.74, 6) is -1.63. The summed E-state index contributed by atoms with van der Waals surface area (Å²) in [6, 6.07) is 4.86. The van der Waals surface area contributed by atoms with Crippen molar-refractivity contribution < 1.29 is 28.7 Å². The van der Waals surface area contributed by atoms with Crippen LogP contribution in [0.4, 0.5) is 0 Å². The van der Waals surface area contributed by atoms with Gasteiger partial charge < -0.3 is 14.4 Å². The zero-order valence-corrected chi connectivity index (χ0v) is 16.1. The summed E-state index contributed by atoms with van der Waals surface area (Å²) in [7, 11) is 1.50. The Balaban J connectivity index is 1.71. The van der Waals surface area contributed by atoms with Crippen molar-refractivity contribution in [1.29, 1.82) is 0 Å². The van der Waals surface area contributed by atoms with Gasteiger partial charge in [0.15, 0.2) is 6.61 Å². The number of hydrogen-bond acceptors (Lipinski definition) is 6. The van der Waals surface area contributed by atoms with Crippen LogP contribution in [0.15, 0.2) is 18.2 Å². The van der Waals surface area contributed by atoms with E-state index >= 15 is 0 Å². The minimum absolute atomic E-state index is 0.208. The summed E-state index contributed by atoms with van der Waals surface area (Å²) >= 11 is 0. The molecule has 3 amide bonds. The normalized spacial score (nSPS) is 18.6. The topological polar surface area (TPSA) is 102 Å². The summed E-state index contributed by atoms with van der Waals surface area (Å²) in [6.45, 7) is 1.11. The molecule has 1 aromatic rings. The lowest BCUT2D eigenvalue weighted by Crippen LogP contribution is -2.69. The third-order valence-corrected chi connectivity index (χ3v) is 5.45. The van der Waals surface area contributed by atoms with Gasteiger partial charge in [-0.25, -0.2) is 4.79 Å². The standard InChI is InChI=1S/C20H24N2O6/c1-13-6-7-14(10-15(13)27-2)18(25)28-12-17(24)22-11-16(23)21-19(26)20(22)8-4-3-5-9-20/h6-7,10H,3-5,8-9,11-12H2,1-2H3,(H,21,23,26). The van der Waals surface area contributed by atoms with E-state index in [1.807, 2.05) is 6.92 Å². The Labute approximate surface area is 163 Å². The highest BCUT2D eigenvalue weighted by Crippen LogP contribution is 2.35. The van der Waals surface area contributed by atoms with E-state index in [2.05, 4.69) is 5.32 Å². The summed E-state index contributed by atoms with van der Waals surface area (Å²) in [5.41, 5.74) is 0.102. The molecule has 0 bridgehead atoms. The monoisotopic (exact) mass is 388 g/mol. The Hall–Kier alpha value is -2.90. The third-order valence-electron chi connectivity index (χ3n) is 5.45. The van der Waals surface area contributed by atoms with E-state index in [-0.39, 0.29) is 12.1 Å². The Morgan fingerprint density at radius 1 is 1.18 bits per heavy atom. The first-order chi connectivity index (χ1) is 13.4. The minimum Gasteiger partial charge on any atom is -0.496 e. The maximum absolute atomic E-state index is 12.8. The van der Waals surface area contributed by atoms with Gasteiger partial charge in [-0.3, -0.25) is 19.7 Å². The van der Waals surface area contributed by atoms with Crippen molar-refractivity contribution in [3.8, 4) is 5.75 Å². The van der Waals surface area contributed by atoms with Gasteiger partial charge in [0.1, 0.15) is 17.8 Å². The molecule has 0 atom stereocenters. The predicted octanol–water partition coefficient (Wildman–Crippen LogP) is 1.35. The number of ether oxygens (including phenoxy) is 2. The maximum atomic E-state index is 12.8. The van der Waals surface area contributed by atoms with Crippen LogP contribution >= 0.6 is 0 Å². The number of methoxy groups -OCH3 is 1. The van der Waals surface area contributed by atoms with E-state index in [4.69, 9.17) is 9.47 Å². The molecule has 0 radical (unpaired) electrons. The molecule has 2 aliphatic rings. The predicted molar refractivity (Wildman–Crippen MR) is 98.7 cm³/mol. The third kappa shape index (κ3) is 3.72. The quantitative estimate of drug-likeness (QED) is 0.617. The van der Waals surface area contributed by atoms with Gasteiger partial charge in [0.05, 0.1) is 12.7 Å². The second kappa shape index (κ2) is 8.00. The summed E-state index contributed by atoms with van der Waals surface area (Å²) < 4.78 is 10.3. The van der Waals surface area contributed by atoms with Gasteiger partial charge in [-0.15, -0.1) is 0 Å². The lowest BCUT2D eigenvalue weighted by atomic mass is 9.78. The van der Waals surface area contributed by atoms with E-state index in [1.54, 1.807) is 18.2 Å². The Morgan fingerprint density at radius 2 is 1.89 bits per heavy atom. The van der Waals surface area contributed by atoms with Crippen LogP contribution in [0.3, 0.4) is 0 Å². The second-order valence-corrected chi connectivity index (χ2v) is 7.21. The number of hydrogen-bond donors (Lipinski definition) is 1. The van der Waals surface area contributed by atoms with Crippen molar-refractivity contribution in [2.45, 2.75) is 44.6 Å². The van der Waals surface area contributed by atoms with Crippen LogP contribution in [0.1, 0.15) is 48.0 Å². The molecule has 1 spiro atoms. The lowest BCUT2D eigenvalue weighted by molar-refractivity contribution is -0.161. The highest BCUT2D eigenvalue weighted by atomic mass is 16.5. The molecule has 1 aromatic carbocycles. The zero-order chi connectivity index (χ0) is 20.3. The average Bonchev–Trinajstić information content (AvgIpc) is 2.70. The van der Waals surface area contributed by atoms with Crippen LogP contribution in [0.2, 0.25) is 0 Å². The molecule has 1 saturated carbocycles. The number of esters is 1. The average molecular weight is 388 g/mol. The second-order valence-electron chi connectivity index (χ2n) is 7.21. The van der Waals surface area contributed by atoms with Gasteiger partial charge >= 0.3 is 5.97 Å². The van der Waals surface area contributed by atoms with Crippen LogP contribution in [0, 0.1) is 6.92 Å². The molecule has 1 saturated heterocycles. The molecule has 0 unspecified atom stereocenters. The molecule has 1 aliphatic heterocycles. The molecule has 3 rings (SSSR count). The SMILES string of the molecule is COc1cc(C(=O)OCC(=O)N2CC(=O)NC(=O)C23CCCCC3)ccc1C. The van der Waals surface area contributed by atoms with Crippen molar-refractivity contribution in [1.82, 2.24) is 10.2 Å². The van der Waals surface area contributed by atoms with E-state index in [9.17, 15) is 19.2 Å². The summed E-state index contributed by atoms with van der Waals surface area (Å²) in [4.78, 5) is 50.7. The number of nitrogens with one attached hydrogen (secondary N) is 1. The van der Waals surface area contributed by atoms with E-state index in [1.165, 1.54) is 12.0 Å². The van der Waals surface area contributed by atoms with Crippen LogP contribution in [-0.2, 0) is 19.1 Å². The number of amides is 3. The van der Waals surface area contributed by atoms with Crippen LogP contribution in [0.25, 0.3) is 0 Å². The number of carbonyl (C=O) groups excluding carboxylic acids is 4. The lowest BCUT2D eigenvalue weighted by Gasteiger charge is -2.47. The smallest absolute Gasteiger partial charge is 0.338 e. The summed E-state index contributed by atoms with van der Waals surface area (Å²) in [6.07, 6.45) is 3.58. The first kappa shape index (κ1) is 19.9. The minimum atomic E-state index is -1.03. The fourth-order valence-electron chi connectivity index (χ4n) is 3.90. The van der Waals surface area contributed by atoms with Crippen LogP contribution in [-0.4, -0.2) is 54.4 Å². The molecule has 1 heterocycles. The van der Waals surface area contributed by atoms with E-state index in [0.717, 1.165) is 24.8 Å². The van der Waals surface area contributed by atoms with E-state index in [0.29, 0.717) is 18.6 Å². The number of carbonyl (C=O) groups is 4. The number of rotatable bonds is 4. The van der Waals surface area contributed by atoms with Gasteiger partial charge in [0.25, 0.3) is 11.8 Å². The highest BCUT2D eigenvalue weighted by Gasteiger charge is 2.51. The van der Waals surface area contributed by atoms with Crippen LogP contribution in [0.5, 0.6) is 5.75 Å². The Kier molecular flexibility index (Phi) is 5.67. The van der Waals surface area contributed by atoms with Gasteiger partial charge in [-0.05, 0) is 37.5 Å². The molecule has 0 aromatic heterocycles. The van der Waals surface area contributed by atoms with Gasteiger partial charge in [0, 0.05) is 0 Å². The fraction of sp³-hybridized carbons (Fsp3) is 0.500. The number of imide groups is 1. The van der Waals surface area contributed by atoms with Crippen molar-refractivity contribution in [2.75, 3.05) is 20.3 Å². The molecular formula is C20H24N2O6. The molecule has 8 heteroatoms. The van der Waals surface area contributed by atoms with Gasteiger partial charge in [-0.2, -0.15) is 0 Å². The fourth-order valence-corrected chi connectivity index (χ4v) is 3.90. The Morgan fingerprint density at radius 3 is 2.57 bits per heavy atom. The van der Waals surface area contributed by atoms with Gasteiger partial charge in [-0.1, -0.05) is 25.3 Å². The number of benzene rings is 1. The first-order valence-corrected chi connectivity index (χ1v) is 9.34. The zero-order valence-electron chi connectivity index (χ0n) is 16.1. The molecule has 2 fully saturated rings. The van der Waals surface area contributed by atoms with Crippen molar-refractivity contribution in [3.05, 3.63) is 29.3 Å². The van der Waals surface area contributed by atoms with Crippen molar-refractivity contribution in [2.24, 2.45) is 0 Å². The number of piperazine rings is 1. The maximum Gasteiger partial charge on any atom is 0.338 e. The molecule has 8 nitrogen and oxygen atoms in total. The molecule has 1 aliphatic carbocycles. The Bertz CT molecular complexity index is 813. The van der Waals surface area contributed by atoms with Crippen molar-refractivity contribution >= 4 is 23.7 Å². The largest absolute Gasteiger partial charge is 0.496 e. The van der Waals surface area contributed by atoms with Crippen molar-refractivity contribution in [3.63, 3.8) is 0 Å². The highest BCUT2D eigenvalue weighted by molar-refractivity contribution is 6.07. The number of nitrogens with zero attached hydrogens (tertiary/aromatic N) is 1. The van der Waals surface area contributed by atoms with E-state index < -0.39 is 35.8 Å².